The predicted octanol–water partition coefficient (Wildman–Crippen LogP) is 5.16. The van der Waals surface area contributed by atoms with Crippen molar-refractivity contribution in [2.45, 2.75) is 57.3 Å². The number of carbonyl (C=O) groups excluding carboxylic acids is 1. The van der Waals surface area contributed by atoms with Gasteiger partial charge in [0.2, 0.25) is 5.91 Å². The number of H-pyrrole nitrogens is 1. The fourth-order valence-corrected chi connectivity index (χ4v) is 6.46. The van der Waals surface area contributed by atoms with E-state index in [4.69, 9.17) is 9.97 Å². The lowest BCUT2D eigenvalue weighted by Gasteiger charge is -2.32. The van der Waals surface area contributed by atoms with Gasteiger partial charge in [-0.25, -0.2) is 15.0 Å². The number of carbonyl (C=O) groups is 1. The van der Waals surface area contributed by atoms with Gasteiger partial charge in [0.1, 0.15) is 17.5 Å². The molecule has 1 atom stereocenters. The third-order valence-corrected chi connectivity index (χ3v) is 8.92. The van der Waals surface area contributed by atoms with Crippen LogP contribution in [0.1, 0.15) is 57.1 Å². The molecule has 37 heavy (non-hydrogen) atoms. The summed E-state index contributed by atoms with van der Waals surface area (Å²) in [6.45, 7) is 3.12. The predicted molar refractivity (Wildman–Crippen MR) is 148 cm³/mol. The maximum absolute atomic E-state index is 12.5. The molecule has 0 aliphatic heterocycles. The molecule has 2 heterocycles. The molecular formula is C30H36N6O. The van der Waals surface area contributed by atoms with Crippen molar-refractivity contribution in [3.63, 3.8) is 0 Å². The molecule has 2 saturated carbocycles. The number of aromatic nitrogens is 4. The Bertz CT molecular complexity index is 1420. The van der Waals surface area contributed by atoms with E-state index < -0.39 is 0 Å². The second-order valence-electron chi connectivity index (χ2n) is 11.5. The van der Waals surface area contributed by atoms with E-state index in [1.54, 1.807) is 0 Å². The largest absolute Gasteiger partial charge is 0.362 e. The zero-order valence-corrected chi connectivity index (χ0v) is 22.1. The molecule has 0 saturated heterocycles. The highest BCUT2D eigenvalue weighted by molar-refractivity contribution is 5.89. The number of rotatable bonds is 7. The van der Waals surface area contributed by atoms with E-state index in [-0.39, 0.29) is 11.3 Å². The topological polar surface area (TPSA) is 86.8 Å². The Morgan fingerprint density at radius 1 is 1.03 bits per heavy atom. The third-order valence-electron chi connectivity index (χ3n) is 8.92. The summed E-state index contributed by atoms with van der Waals surface area (Å²) in [6.07, 6.45) is 6.89. The molecule has 7 heteroatoms. The Balaban J connectivity index is 1.03. The van der Waals surface area contributed by atoms with Crippen LogP contribution in [0.3, 0.4) is 0 Å². The Morgan fingerprint density at radius 3 is 2.51 bits per heavy atom. The number of amides is 1. The average molecular weight is 497 g/mol. The Labute approximate surface area is 218 Å². The molecule has 2 aromatic carbocycles. The van der Waals surface area contributed by atoms with Crippen molar-refractivity contribution in [3.8, 4) is 0 Å². The van der Waals surface area contributed by atoms with E-state index in [0.29, 0.717) is 24.2 Å². The van der Waals surface area contributed by atoms with Crippen LogP contribution in [0, 0.1) is 11.3 Å². The fraction of sp³-hybridized carbons (Fsp3) is 0.467. The van der Waals surface area contributed by atoms with Crippen molar-refractivity contribution in [1.82, 2.24) is 25.3 Å². The van der Waals surface area contributed by atoms with Gasteiger partial charge in [0.25, 0.3) is 0 Å². The highest BCUT2D eigenvalue weighted by Gasteiger charge is 2.66. The molecule has 1 unspecified atom stereocenters. The second-order valence-corrected chi connectivity index (χ2v) is 11.5. The summed E-state index contributed by atoms with van der Waals surface area (Å²) in [4.78, 5) is 32.6. The summed E-state index contributed by atoms with van der Waals surface area (Å²) >= 11 is 0. The van der Waals surface area contributed by atoms with Crippen LogP contribution in [0.2, 0.25) is 0 Å². The Hall–Kier alpha value is -3.48. The lowest BCUT2D eigenvalue weighted by Crippen LogP contribution is -2.33. The van der Waals surface area contributed by atoms with Crippen LogP contribution in [0.4, 0.5) is 5.82 Å². The molecule has 6 rings (SSSR count). The van der Waals surface area contributed by atoms with Crippen molar-refractivity contribution in [3.05, 3.63) is 60.2 Å². The van der Waals surface area contributed by atoms with Crippen molar-refractivity contribution < 1.29 is 4.79 Å². The number of hydrogen-bond acceptors (Lipinski definition) is 5. The first kappa shape index (κ1) is 23.9. The number of nitrogens with zero attached hydrogens (tertiary/aromatic N) is 4. The van der Waals surface area contributed by atoms with Crippen molar-refractivity contribution in [2.24, 2.45) is 11.3 Å². The normalized spacial score (nSPS) is 25.0. The SMILES string of the molecule is CN(C)c1nc(C2(C)CC23CCC(CNC(=O)CCc2nc4ccccc4[nH]2)CC3)nc2ccccc12. The van der Waals surface area contributed by atoms with E-state index in [2.05, 4.69) is 65.5 Å². The van der Waals surface area contributed by atoms with Crippen molar-refractivity contribution in [1.29, 1.82) is 0 Å². The van der Waals surface area contributed by atoms with Crippen LogP contribution in [0.25, 0.3) is 21.9 Å². The number of imidazole rings is 1. The maximum atomic E-state index is 12.5. The molecule has 0 bridgehead atoms. The van der Waals surface area contributed by atoms with Gasteiger partial charge >= 0.3 is 0 Å². The number of para-hydroxylation sites is 3. The first-order valence-electron chi connectivity index (χ1n) is 13.5. The van der Waals surface area contributed by atoms with Gasteiger partial charge < -0.3 is 15.2 Å². The maximum Gasteiger partial charge on any atom is 0.220 e. The third kappa shape index (κ3) is 4.34. The molecule has 0 radical (unpaired) electrons. The van der Waals surface area contributed by atoms with Crippen LogP contribution in [-0.2, 0) is 16.6 Å². The van der Waals surface area contributed by atoms with Gasteiger partial charge in [-0.15, -0.1) is 0 Å². The van der Waals surface area contributed by atoms with E-state index in [1.165, 1.54) is 12.8 Å². The quantitative estimate of drug-likeness (QED) is 0.369. The zero-order chi connectivity index (χ0) is 25.6. The number of anilines is 1. The summed E-state index contributed by atoms with van der Waals surface area (Å²) in [6, 6.07) is 16.3. The minimum absolute atomic E-state index is 0.0303. The molecule has 192 valence electrons. The van der Waals surface area contributed by atoms with Crippen LogP contribution >= 0.6 is 0 Å². The standard InChI is InChI=1S/C30H36N6O/c1-29(28-34-22-9-5-4-8-21(22)27(35-28)36(2)3)19-30(29)16-14-20(15-17-30)18-31-26(37)13-12-25-32-23-10-6-7-11-24(23)33-25/h4-11,20H,12-19H2,1-3H3,(H,31,37)(H,32,33). The second kappa shape index (κ2) is 9.12. The molecule has 4 aromatic rings. The smallest absolute Gasteiger partial charge is 0.220 e. The van der Waals surface area contributed by atoms with Crippen molar-refractivity contribution in [2.75, 3.05) is 25.5 Å². The minimum Gasteiger partial charge on any atom is -0.362 e. The van der Waals surface area contributed by atoms with Gasteiger partial charge in [-0.2, -0.15) is 0 Å². The van der Waals surface area contributed by atoms with Crippen LogP contribution < -0.4 is 10.2 Å². The summed E-state index contributed by atoms with van der Waals surface area (Å²) in [5.74, 6) is 3.52. The summed E-state index contributed by atoms with van der Waals surface area (Å²) in [7, 11) is 4.11. The number of nitrogens with one attached hydrogen (secondary N) is 2. The number of aromatic amines is 1. The van der Waals surface area contributed by atoms with E-state index in [0.717, 1.165) is 65.2 Å². The Kier molecular flexibility index (Phi) is 5.89. The first-order valence-corrected chi connectivity index (χ1v) is 13.5. The van der Waals surface area contributed by atoms with Gasteiger partial charge in [-0.1, -0.05) is 31.2 Å². The van der Waals surface area contributed by atoms with Crippen LogP contribution in [-0.4, -0.2) is 46.5 Å². The highest BCUT2D eigenvalue weighted by Crippen LogP contribution is 2.70. The summed E-state index contributed by atoms with van der Waals surface area (Å²) in [5, 5.41) is 4.29. The number of aryl methyl sites for hydroxylation is 1. The molecule has 2 aliphatic rings. The van der Waals surface area contributed by atoms with Crippen LogP contribution in [0.15, 0.2) is 48.5 Å². The molecule has 2 aliphatic carbocycles. The van der Waals surface area contributed by atoms with Crippen molar-refractivity contribution >= 4 is 33.7 Å². The number of benzene rings is 2. The lowest BCUT2D eigenvalue weighted by atomic mass is 9.75. The van der Waals surface area contributed by atoms with E-state index >= 15 is 0 Å². The molecule has 2 aromatic heterocycles. The monoisotopic (exact) mass is 496 g/mol. The van der Waals surface area contributed by atoms with Gasteiger partial charge in [-0.05, 0) is 67.7 Å². The molecule has 1 amide bonds. The summed E-state index contributed by atoms with van der Waals surface area (Å²) < 4.78 is 0. The highest BCUT2D eigenvalue weighted by atomic mass is 16.1. The summed E-state index contributed by atoms with van der Waals surface area (Å²) in [5.41, 5.74) is 3.32. The molecule has 7 nitrogen and oxygen atoms in total. The zero-order valence-electron chi connectivity index (χ0n) is 22.1. The first-order chi connectivity index (χ1) is 17.9. The lowest BCUT2D eigenvalue weighted by molar-refractivity contribution is -0.121. The molecular weight excluding hydrogens is 460 g/mol. The minimum atomic E-state index is 0.0303. The number of hydrogen-bond donors (Lipinski definition) is 2. The molecule has 2 N–H and O–H groups in total. The van der Waals surface area contributed by atoms with Gasteiger partial charge in [0, 0.05) is 44.3 Å². The van der Waals surface area contributed by atoms with Gasteiger partial charge in [-0.3, -0.25) is 4.79 Å². The van der Waals surface area contributed by atoms with E-state index in [1.807, 2.05) is 24.3 Å². The Morgan fingerprint density at radius 2 is 1.76 bits per heavy atom. The molecule has 2 fully saturated rings. The van der Waals surface area contributed by atoms with E-state index in [9.17, 15) is 4.79 Å². The van der Waals surface area contributed by atoms with Gasteiger partial charge in [0.05, 0.1) is 16.6 Å². The molecule has 1 spiro atoms. The van der Waals surface area contributed by atoms with Gasteiger partial charge in [0.15, 0.2) is 0 Å². The fourth-order valence-electron chi connectivity index (χ4n) is 6.46. The average Bonchev–Trinajstić information content (AvgIpc) is 3.27. The van der Waals surface area contributed by atoms with Crippen LogP contribution in [0.5, 0.6) is 0 Å². The number of fused-ring (bicyclic) bond motifs is 2.